The van der Waals surface area contributed by atoms with E-state index in [9.17, 15) is 4.79 Å². The lowest BCUT2D eigenvalue weighted by Gasteiger charge is -2.28. The van der Waals surface area contributed by atoms with Crippen LogP contribution in [0.2, 0.25) is 0 Å². The molecule has 1 saturated heterocycles. The van der Waals surface area contributed by atoms with Gasteiger partial charge >= 0.3 is 5.97 Å². The van der Waals surface area contributed by atoms with Crippen molar-refractivity contribution in [2.75, 3.05) is 31.6 Å². The van der Waals surface area contributed by atoms with Crippen LogP contribution in [0, 0.1) is 0 Å². The molecular formula is C12H18N4O2. The first-order chi connectivity index (χ1) is 8.58. The van der Waals surface area contributed by atoms with Gasteiger partial charge in [0, 0.05) is 19.1 Å². The van der Waals surface area contributed by atoms with Gasteiger partial charge in [0.25, 0.3) is 0 Å². The molecule has 1 aromatic rings. The second-order valence-corrected chi connectivity index (χ2v) is 4.74. The average Bonchev–Trinajstić information content (AvgIpc) is 2.50. The van der Waals surface area contributed by atoms with Crippen LogP contribution < -0.4 is 4.90 Å². The Labute approximate surface area is 106 Å². The third kappa shape index (κ3) is 2.76. The van der Waals surface area contributed by atoms with Crippen molar-refractivity contribution in [3.8, 4) is 0 Å². The third-order valence-electron chi connectivity index (χ3n) is 3.21. The lowest BCUT2D eigenvalue weighted by Crippen LogP contribution is -2.38. The van der Waals surface area contributed by atoms with Gasteiger partial charge in [0.05, 0.1) is 0 Å². The molecular weight excluding hydrogens is 232 g/mol. The van der Waals surface area contributed by atoms with Gasteiger partial charge in [0.2, 0.25) is 0 Å². The summed E-state index contributed by atoms with van der Waals surface area (Å²) in [5.74, 6) is -0.291. The van der Waals surface area contributed by atoms with Crippen LogP contribution in [-0.2, 0) is 0 Å². The van der Waals surface area contributed by atoms with Crippen LogP contribution in [0.5, 0.6) is 0 Å². The van der Waals surface area contributed by atoms with Gasteiger partial charge in [-0.3, -0.25) is 0 Å². The van der Waals surface area contributed by atoms with E-state index in [1.54, 1.807) is 6.07 Å². The molecule has 1 fully saturated rings. The Morgan fingerprint density at radius 3 is 2.78 bits per heavy atom. The zero-order valence-electron chi connectivity index (χ0n) is 10.7. The minimum Gasteiger partial charge on any atom is -0.476 e. The van der Waals surface area contributed by atoms with E-state index in [1.165, 1.54) is 6.07 Å². The van der Waals surface area contributed by atoms with E-state index >= 15 is 0 Å². The third-order valence-corrected chi connectivity index (χ3v) is 3.21. The summed E-state index contributed by atoms with van der Waals surface area (Å²) < 4.78 is 0. The Morgan fingerprint density at radius 2 is 2.17 bits per heavy atom. The van der Waals surface area contributed by atoms with Gasteiger partial charge < -0.3 is 14.9 Å². The highest BCUT2D eigenvalue weighted by Gasteiger charge is 2.21. The normalized spacial score (nSPS) is 21.7. The standard InChI is InChI=1S/C12H18N4O2/c1-9-8-15(2)6-3-7-16(9)11-5-4-10(12(17)18)13-14-11/h4-5,9H,3,6-8H2,1-2H3,(H,17,18). The molecule has 2 rings (SSSR count). The van der Waals surface area contributed by atoms with E-state index in [2.05, 4.69) is 34.0 Å². The molecule has 1 aromatic heterocycles. The molecule has 0 bridgehead atoms. The van der Waals surface area contributed by atoms with Crippen LogP contribution in [-0.4, -0.2) is 58.9 Å². The molecule has 18 heavy (non-hydrogen) atoms. The van der Waals surface area contributed by atoms with Crippen LogP contribution in [0.3, 0.4) is 0 Å². The van der Waals surface area contributed by atoms with Crippen LogP contribution >= 0.6 is 0 Å². The lowest BCUT2D eigenvalue weighted by atomic mass is 10.2. The van der Waals surface area contributed by atoms with Gasteiger partial charge in [0.15, 0.2) is 11.5 Å². The van der Waals surface area contributed by atoms with Gasteiger partial charge in [0.1, 0.15) is 0 Å². The SMILES string of the molecule is CC1CN(C)CCCN1c1ccc(C(=O)O)nn1. The second-order valence-electron chi connectivity index (χ2n) is 4.74. The van der Waals surface area contributed by atoms with Gasteiger partial charge in [-0.25, -0.2) is 4.79 Å². The van der Waals surface area contributed by atoms with Crippen molar-refractivity contribution in [3.63, 3.8) is 0 Å². The van der Waals surface area contributed by atoms with E-state index in [0.29, 0.717) is 6.04 Å². The number of anilines is 1. The maximum Gasteiger partial charge on any atom is 0.356 e. The number of carboxylic acid groups (broad SMARTS) is 1. The molecule has 0 radical (unpaired) electrons. The fraction of sp³-hybridized carbons (Fsp3) is 0.583. The molecule has 0 aromatic carbocycles. The summed E-state index contributed by atoms with van der Waals surface area (Å²) in [5.41, 5.74) is -0.0154. The summed E-state index contributed by atoms with van der Waals surface area (Å²) in [5, 5.41) is 16.5. The van der Waals surface area contributed by atoms with E-state index in [-0.39, 0.29) is 5.69 Å². The Kier molecular flexibility index (Phi) is 3.76. The average molecular weight is 250 g/mol. The highest BCUT2D eigenvalue weighted by atomic mass is 16.4. The Morgan fingerprint density at radius 1 is 1.39 bits per heavy atom. The number of rotatable bonds is 2. The predicted octanol–water partition coefficient (Wildman–Crippen LogP) is 0.705. The Bertz CT molecular complexity index is 421. The lowest BCUT2D eigenvalue weighted by molar-refractivity contribution is 0.0689. The Balaban J connectivity index is 2.16. The first kappa shape index (κ1) is 12.8. The van der Waals surface area contributed by atoms with Crippen molar-refractivity contribution in [1.82, 2.24) is 15.1 Å². The molecule has 1 N–H and O–H groups in total. The molecule has 0 aliphatic carbocycles. The summed E-state index contributed by atoms with van der Waals surface area (Å²) in [6.07, 6.45) is 1.07. The number of hydrogen-bond donors (Lipinski definition) is 1. The van der Waals surface area contributed by atoms with Crippen LogP contribution in [0.1, 0.15) is 23.8 Å². The number of carboxylic acids is 1. The van der Waals surface area contributed by atoms with Crippen molar-refractivity contribution < 1.29 is 9.90 Å². The molecule has 98 valence electrons. The molecule has 0 spiro atoms. The molecule has 0 amide bonds. The molecule has 2 heterocycles. The summed E-state index contributed by atoms with van der Waals surface area (Å²) >= 11 is 0. The van der Waals surface area contributed by atoms with E-state index in [0.717, 1.165) is 31.9 Å². The van der Waals surface area contributed by atoms with Crippen LogP contribution in [0.4, 0.5) is 5.82 Å². The predicted molar refractivity (Wildman–Crippen MR) is 67.9 cm³/mol. The largest absolute Gasteiger partial charge is 0.476 e. The van der Waals surface area contributed by atoms with Crippen molar-refractivity contribution in [3.05, 3.63) is 17.8 Å². The van der Waals surface area contributed by atoms with Crippen molar-refractivity contribution in [1.29, 1.82) is 0 Å². The van der Waals surface area contributed by atoms with E-state index in [4.69, 9.17) is 5.11 Å². The zero-order chi connectivity index (χ0) is 13.1. The van der Waals surface area contributed by atoms with Gasteiger partial charge in [-0.2, -0.15) is 0 Å². The number of likely N-dealkylation sites (N-methyl/N-ethyl adjacent to an activating group) is 1. The van der Waals surface area contributed by atoms with Crippen molar-refractivity contribution in [2.45, 2.75) is 19.4 Å². The van der Waals surface area contributed by atoms with E-state index < -0.39 is 5.97 Å². The van der Waals surface area contributed by atoms with Gasteiger partial charge in [-0.05, 0) is 39.1 Å². The molecule has 1 aliphatic heterocycles. The summed E-state index contributed by atoms with van der Waals surface area (Å²) in [7, 11) is 2.11. The molecule has 1 atom stereocenters. The second kappa shape index (κ2) is 5.30. The molecule has 6 heteroatoms. The minimum atomic E-state index is -1.04. The smallest absolute Gasteiger partial charge is 0.356 e. The van der Waals surface area contributed by atoms with Crippen molar-refractivity contribution >= 4 is 11.8 Å². The molecule has 1 aliphatic rings. The van der Waals surface area contributed by atoms with Gasteiger partial charge in [-0.1, -0.05) is 0 Å². The number of aromatic carboxylic acids is 1. The van der Waals surface area contributed by atoms with Crippen LogP contribution in [0.15, 0.2) is 12.1 Å². The number of aromatic nitrogens is 2. The number of hydrogen-bond acceptors (Lipinski definition) is 5. The first-order valence-electron chi connectivity index (χ1n) is 6.10. The van der Waals surface area contributed by atoms with Crippen molar-refractivity contribution in [2.24, 2.45) is 0 Å². The molecule has 1 unspecified atom stereocenters. The highest BCUT2D eigenvalue weighted by Crippen LogP contribution is 2.17. The van der Waals surface area contributed by atoms with E-state index in [1.807, 2.05) is 0 Å². The summed E-state index contributed by atoms with van der Waals surface area (Å²) in [6, 6.07) is 3.59. The summed E-state index contributed by atoms with van der Waals surface area (Å²) in [6.45, 7) is 5.12. The molecule has 6 nitrogen and oxygen atoms in total. The summed E-state index contributed by atoms with van der Waals surface area (Å²) in [4.78, 5) is 15.2. The van der Waals surface area contributed by atoms with Gasteiger partial charge in [-0.15, -0.1) is 10.2 Å². The fourth-order valence-corrected chi connectivity index (χ4v) is 2.31. The maximum atomic E-state index is 10.7. The zero-order valence-corrected chi connectivity index (χ0v) is 10.7. The minimum absolute atomic E-state index is 0.0154. The number of nitrogens with zero attached hydrogens (tertiary/aromatic N) is 4. The topological polar surface area (TPSA) is 69.6 Å². The maximum absolute atomic E-state index is 10.7. The fourth-order valence-electron chi connectivity index (χ4n) is 2.31. The monoisotopic (exact) mass is 250 g/mol. The number of carbonyl (C=O) groups is 1. The highest BCUT2D eigenvalue weighted by molar-refractivity contribution is 5.85. The molecule has 0 saturated carbocycles. The Hall–Kier alpha value is -1.69. The quantitative estimate of drug-likeness (QED) is 0.833. The first-order valence-corrected chi connectivity index (χ1v) is 6.10. The van der Waals surface area contributed by atoms with Crippen LogP contribution in [0.25, 0.3) is 0 Å².